The van der Waals surface area contributed by atoms with Crippen LogP contribution in [0.15, 0.2) is 23.1 Å². The highest BCUT2D eigenvalue weighted by atomic mass is 32.2. The summed E-state index contributed by atoms with van der Waals surface area (Å²) in [5.41, 5.74) is 0.959. The number of piperidine rings is 1. The van der Waals surface area contributed by atoms with Gasteiger partial charge < -0.3 is 4.90 Å². The van der Waals surface area contributed by atoms with Crippen LogP contribution in [-0.4, -0.2) is 35.2 Å². The van der Waals surface area contributed by atoms with E-state index in [0.29, 0.717) is 5.25 Å². The summed E-state index contributed by atoms with van der Waals surface area (Å²) in [6, 6.07) is 5.42. The van der Waals surface area contributed by atoms with Gasteiger partial charge in [0, 0.05) is 21.8 Å². The molecule has 0 amide bonds. The molecule has 18 heavy (non-hydrogen) atoms. The topological polar surface area (TPSA) is 46.4 Å². The van der Waals surface area contributed by atoms with Crippen molar-refractivity contribution >= 4 is 17.4 Å². The lowest BCUT2D eigenvalue weighted by atomic mass is 10.1. The molecule has 0 atom stereocenters. The third kappa shape index (κ3) is 3.23. The number of nitro groups is 1. The molecule has 0 aliphatic carbocycles. The maximum Gasteiger partial charge on any atom is 0.272 e. The van der Waals surface area contributed by atoms with Gasteiger partial charge in [-0.05, 0) is 52.0 Å². The first-order valence-electron chi connectivity index (χ1n) is 6.16. The van der Waals surface area contributed by atoms with E-state index in [-0.39, 0.29) is 10.6 Å². The Morgan fingerprint density at radius 1 is 1.39 bits per heavy atom. The molecule has 1 heterocycles. The number of nitro benzene ring substituents is 1. The van der Waals surface area contributed by atoms with E-state index in [1.54, 1.807) is 13.0 Å². The third-order valence-corrected chi connectivity index (χ3v) is 4.66. The van der Waals surface area contributed by atoms with Crippen molar-refractivity contribution < 1.29 is 4.92 Å². The maximum atomic E-state index is 10.8. The monoisotopic (exact) mass is 266 g/mol. The molecule has 98 valence electrons. The molecule has 0 radical (unpaired) electrons. The second kappa shape index (κ2) is 5.71. The minimum absolute atomic E-state index is 0.211. The van der Waals surface area contributed by atoms with Crippen LogP contribution in [0, 0.1) is 17.0 Å². The Morgan fingerprint density at radius 2 is 2.06 bits per heavy atom. The minimum atomic E-state index is -0.320. The number of hydrogen-bond acceptors (Lipinski definition) is 4. The molecule has 1 fully saturated rings. The van der Waals surface area contributed by atoms with E-state index in [4.69, 9.17) is 0 Å². The summed E-state index contributed by atoms with van der Waals surface area (Å²) in [5, 5.41) is 11.4. The van der Waals surface area contributed by atoms with Crippen LogP contribution in [0.25, 0.3) is 0 Å². The van der Waals surface area contributed by atoms with Crippen LogP contribution in [0.1, 0.15) is 18.4 Å². The highest BCUT2D eigenvalue weighted by Gasteiger charge is 2.18. The second-order valence-electron chi connectivity index (χ2n) is 4.83. The Morgan fingerprint density at radius 3 is 2.61 bits per heavy atom. The minimum Gasteiger partial charge on any atom is -0.306 e. The number of likely N-dealkylation sites (tertiary alicyclic amines) is 1. The lowest BCUT2D eigenvalue weighted by molar-refractivity contribution is -0.385. The first kappa shape index (κ1) is 13.4. The molecule has 0 N–H and O–H groups in total. The molecule has 1 aromatic rings. The lowest BCUT2D eigenvalue weighted by Gasteiger charge is -2.28. The molecule has 1 aliphatic rings. The molecule has 0 spiro atoms. The Kier molecular flexibility index (Phi) is 4.24. The van der Waals surface area contributed by atoms with Crippen molar-refractivity contribution in [3.63, 3.8) is 0 Å². The fourth-order valence-corrected chi connectivity index (χ4v) is 3.42. The standard InChI is InChI=1S/C13H18N2O2S/c1-10-9-12(3-4-13(10)15(16)17)18-11-5-7-14(2)8-6-11/h3-4,9,11H,5-8H2,1-2H3. The number of rotatable bonds is 3. The SMILES string of the molecule is Cc1cc(SC2CCN(C)CC2)ccc1[N+](=O)[O-]. The summed E-state index contributed by atoms with van der Waals surface area (Å²) in [6.07, 6.45) is 2.38. The van der Waals surface area contributed by atoms with Crippen molar-refractivity contribution in [2.24, 2.45) is 0 Å². The van der Waals surface area contributed by atoms with Crippen molar-refractivity contribution in [1.82, 2.24) is 4.90 Å². The molecule has 5 heteroatoms. The third-order valence-electron chi connectivity index (χ3n) is 3.33. The largest absolute Gasteiger partial charge is 0.306 e. The lowest BCUT2D eigenvalue weighted by Crippen LogP contribution is -2.31. The van der Waals surface area contributed by atoms with E-state index < -0.39 is 0 Å². The van der Waals surface area contributed by atoms with E-state index in [0.717, 1.165) is 23.5 Å². The van der Waals surface area contributed by atoms with Gasteiger partial charge in [0.2, 0.25) is 0 Å². The molecular weight excluding hydrogens is 248 g/mol. The first-order chi connectivity index (χ1) is 8.56. The molecule has 0 saturated carbocycles. The van der Waals surface area contributed by atoms with E-state index in [2.05, 4.69) is 11.9 Å². The van der Waals surface area contributed by atoms with Crippen LogP contribution in [0.5, 0.6) is 0 Å². The Hall–Kier alpha value is -1.07. The van der Waals surface area contributed by atoms with E-state index in [9.17, 15) is 10.1 Å². The highest BCUT2D eigenvalue weighted by Crippen LogP contribution is 2.32. The number of benzene rings is 1. The predicted octanol–water partition coefficient (Wildman–Crippen LogP) is 3.09. The van der Waals surface area contributed by atoms with Crippen molar-refractivity contribution in [2.75, 3.05) is 20.1 Å². The Balaban J connectivity index is 2.02. The predicted molar refractivity (Wildman–Crippen MR) is 74.2 cm³/mol. The molecule has 4 nitrogen and oxygen atoms in total. The summed E-state index contributed by atoms with van der Waals surface area (Å²) in [4.78, 5) is 13.9. The normalized spacial score (nSPS) is 17.9. The van der Waals surface area contributed by atoms with Gasteiger partial charge in [0.1, 0.15) is 0 Å². The molecule has 0 aromatic heterocycles. The van der Waals surface area contributed by atoms with E-state index in [1.165, 1.54) is 12.8 Å². The molecule has 0 bridgehead atoms. The van der Waals surface area contributed by atoms with E-state index in [1.807, 2.05) is 23.9 Å². The van der Waals surface area contributed by atoms with Crippen LogP contribution in [0.2, 0.25) is 0 Å². The average molecular weight is 266 g/mol. The van der Waals surface area contributed by atoms with Gasteiger partial charge in [0.15, 0.2) is 0 Å². The van der Waals surface area contributed by atoms with Gasteiger partial charge in [-0.2, -0.15) is 0 Å². The zero-order valence-electron chi connectivity index (χ0n) is 10.8. The number of hydrogen-bond donors (Lipinski definition) is 0. The maximum absolute atomic E-state index is 10.8. The van der Waals surface area contributed by atoms with Crippen LogP contribution in [0.3, 0.4) is 0 Å². The smallest absolute Gasteiger partial charge is 0.272 e. The summed E-state index contributed by atoms with van der Waals surface area (Å²) in [6.45, 7) is 4.09. The van der Waals surface area contributed by atoms with Gasteiger partial charge in [0.05, 0.1) is 4.92 Å². The van der Waals surface area contributed by atoms with Crippen molar-refractivity contribution in [2.45, 2.75) is 29.9 Å². The van der Waals surface area contributed by atoms with Gasteiger partial charge in [-0.15, -0.1) is 11.8 Å². The van der Waals surface area contributed by atoms with Gasteiger partial charge in [0.25, 0.3) is 5.69 Å². The van der Waals surface area contributed by atoms with Crippen molar-refractivity contribution in [3.8, 4) is 0 Å². The van der Waals surface area contributed by atoms with Gasteiger partial charge >= 0.3 is 0 Å². The van der Waals surface area contributed by atoms with Crippen LogP contribution in [0.4, 0.5) is 5.69 Å². The Labute approximate surface area is 112 Å². The average Bonchev–Trinajstić information content (AvgIpc) is 2.32. The van der Waals surface area contributed by atoms with Crippen LogP contribution >= 0.6 is 11.8 Å². The number of aryl methyl sites for hydroxylation is 1. The summed E-state index contributed by atoms with van der Waals surface area (Å²) in [5.74, 6) is 0. The van der Waals surface area contributed by atoms with Gasteiger partial charge in [-0.25, -0.2) is 0 Å². The quantitative estimate of drug-likeness (QED) is 0.623. The van der Waals surface area contributed by atoms with Crippen molar-refractivity contribution in [3.05, 3.63) is 33.9 Å². The molecule has 1 saturated heterocycles. The fraction of sp³-hybridized carbons (Fsp3) is 0.538. The zero-order chi connectivity index (χ0) is 13.1. The first-order valence-corrected chi connectivity index (χ1v) is 7.04. The molecular formula is C13H18N2O2S. The number of thioether (sulfide) groups is 1. The van der Waals surface area contributed by atoms with E-state index >= 15 is 0 Å². The van der Waals surface area contributed by atoms with Gasteiger partial charge in [-0.3, -0.25) is 10.1 Å². The van der Waals surface area contributed by atoms with Gasteiger partial charge in [-0.1, -0.05) is 0 Å². The second-order valence-corrected chi connectivity index (χ2v) is 6.20. The van der Waals surface area contributed by atoms with Crippen molar-refractivity contribution in [1.29, 1.82) is 0 Å². The molecule has 0 unspecified atom stereocenters. The van der Waals surface area contributed by atoms with Crippen LogP contribution < -0.4 is 0 Å². The highest BCUT2D eigenvalue weighted by molar-refractivity contribution is 8.00. The summed E-state index contributed by atoms with van der Waals surface area (Å²) >= 11 is 1.85. The summed E-state index contributed by atoms with van der Waals surface area (Å²) < 4.78 is 0. The Bertz CT molecular complexity index is 443. The fourth-order valence-electron chi connectivity index (χ4n) is 2.20. The summed E-state index contributed by atoms with van der Waals surface area (Å²) in [7, 11) is 2.15. The molecule has 1 aromatic carbocycles. The zero-order valence-corrected chi connectivity index (χ0v) is 11.6. The molecule has 1 aliphatic heterocycles. The number of nitrogens with zero attached hydrogens (tertiary/aromatic N) is 2. The van der Waals surface area contributed by atoms with Crippen LogP contribution in [-0.2, 0) is 0 Å². The molecule has 2 rings (SSSR count).